The molecule has 1 aliphatic rings. The van der Waals surface area contributed by atoms with Crippen LogP contribution in [0.3, 0.4) is 0 Å². The summed E-state index contributed by atoms with van der Waals surface area (Å²) < 4.78 is 5.44. The van der Waals surface area contributed by atoms with E-state index in [9.17, 15) is 4.79 Å². The average Bonchev–Trinajstić information content (AvgIpc) is 2.95. The molecule has 0 spiro atoms. The van der Waals surface area contributed by atoms with Crippen molar-refractivity contribution < 1.29 is 14.6 Å². The number of carbonyl (C=O) groups is 1. The summed E-state index contributed by atoms with van der Waals surface area (Å²) in [6.45, 7) is 0. The molecular formula is C12H10Cl2N2O3. The van der Waals surface area contributed by atoms with Crippen molar-refractivity contribution in [3.63, 3.8) is 0 Å². The highest BCUT2D eigenvalue weighted by molar-refractivity contribution is 6.42. The van der Waals surface area contributed by atoms with E-state index in [0.29, 0.717) is 34.2 Å². The van der Waals surface area contributed by atoms with Crippen LogP contribution < -0.4 is 0 Å². The Morgan fingerprint density at radius 3 is 2.79 bits per heavy atom. The van der Waals surface area contributed by atoms with E-state index in [0.717, 1.165) is 5.52 Å². The molecule has 0 aliphatic carbocycles. The number of nitrogens with zero attached hydrogens (tertiary/aromatic N) is 1. The molecule has 0 amide bonds. The Balaban J connectivity index is 1.92. The second kappa shape index (κ2) is 4.67. The predicted octanol–water partition coefficient (Wildman–Crippen LogP) is 3.17. The molecule has 3 rings (SSSR count). The van der Waals surface area contributed by atoms with Gasteiger partial charge in [-0.3, -0.25) is 0 Å². The van der Waals surface area contributed by atoms with Crippen molar-refractivity contribution in [2.75, 3.05) is 0 Å². The van der Waals surface area contributed by atoms with Gasteiger partial charge in [-0.1, -0.05) is 23.2 Å². The van der Waals surface area contributed by atoms with Gasteiger partial charge in [0.2, 0.25) is 0 Å². The number of aromatic amines is 1. The van der Waals surface area contributed by atoms with Crippen LogP contribution >= 0.6 is 23.2 Å². The first-order valence-corrected chi connectivity index (χ1v) is 6.53. The van der Waals surface area contributed by atoms with Crippen LogP contribution in [-0.2, 0) is 9.53 Å². The monoisotopic (exact) mass is 300 g/mol. The molecule has 7 heteroatoms. The fraction of sp³-hybridized carbons (Fsp3) is 0.333. The van der Waals surface area contributed by atoms with Gasteiger partial charge in [-0.15, -0.1) is 0 Å². The van der Waals surface area contributed by atoms with E-state index in [1.165, 1.54) is 0 Å². The van der Waals surface area contributed by atoms with Crippen LogP contribution in [0.25, 0.3) is 11.0 Å². The highest BCUT2D eigenvalue weighted by Crippen LogP contribution is 2.33. The standard InChI is InChI=1S/C12H10Cl2N2O3/c13-5-3-7-8(4-6(5)14)16-11(15-7)9-1-2-10(19-9)12(17)18/h3-4,9-10H,1-2H2,(H,15,16)(H,17,18). The first-order valence-electron chi connectivity index (χ1n) is 5.77. The average molecular weight is 301 g/mol. The van der Waals surface area contributed by atoms with Crippen molar-refractivity contribution in [3.8, 4) is 0 Å². The van der Waals surface area contributed by atoms with E-state index in [1.807, 2.05) is 0 Å². The molecule has 100 valence electrons. The number of carboxylic acids is 1. The lowest BCUT2D eigenvalue weighted by Crippen LogP contribution is -2.18. The Morgan fingerprint density at radius 2 is 2.11 bits per heavy atom. The molecule has 19 heavy (non-hydrogen) atoms. The zero-order chi connectivity index (χ0) is 13.6. The van der Waals surface area contributed by atoms with Crippen LogP contribution in [0.2, 0.25) is 10.0 Å². The summed E-state index contributed by atoms with van der Waals surface area (Å²) in [5.74, 6) is -0.332. The summed E-state index contributed by atoms with van der Waals surface area (Å²) in [6.07, 6.45) is 0.0213. The lowest BCUT2D eigenvalue weighted by Gasteiger charge is -2.07. The molecule has 2 atom stereocenters. The van der Waals surface area contributed by atoms with Crippen molar-refractivity contribution >= 4 is 40.2 Å². The number of rotatable bonds is 2. The van der Waals surface area contributed by atoms with Crippen molar-refractivity contribution in [1.82, 2.24) is 9.97 Å². The fourth-order valence-corrected chi connectivity index (χ4v) is 2.52. The third-order valence-electron chi connectivity index (χ3n) is 3.14. The van der Waals surface area contributed by atoms with Gasteiger partial charge in [0.05, 0.1) is 21.1 Å². The SMILES string of the molecule is O=C(O)C1CCC(c2nc3cc(Cl)c(Cl)cc3[nH]2)O1. The molecule has 1 aliphatic heterocycles. The summed E-state index contributed by atoms with van der Waals surface area (Å²) in [4.78, 5) is 18.3. The minimum absolute atomic E-state index is 0.328. The molecule has 1 fully saturated rings. The predicted molar refractivity (Wildman–Crippen MR) is 70.6 cm³/mol. The zero-order valence-corrected chi connectivity index (χ0v) is 11.2. The van der Waals surface area contributed by atoms with Crippen molar-refractivity contribution in [2.24, 2.45) is 0 Å². The summed E-state index contributed by atoms with van der Waals surface area (Å²) in [5.41, 5.74) is 1.44. The lowest BCUT2D eigenvalue weighted by molar-refractivity contribution is -0.149. The molecule has 0 radical (unpaired) electrons. The van der Waals surface area contributed by atoms with E-state index in [-0.39, 0.29) is 6.10 Å². The molecular weight excluding hydrogens is 291 g/mol. The third-order valence-corrected chi connectivity index (χ3v) is 3.86. The third kappa shape index (κ3) is 2.29. The van der Waals surface area contributed by atoms with Gasteiger partial charge in [0.25, 0.3) is 0 Å². The second-order valence-electron chi connectivity index (χ2n) is 4.43. The molecule has 0 bridgehead atoms. The smallest absolute Gasteiger partial charge is 0.332 e. The second-order valence-corrected chi connectivity index (χ2v) is 5.25. The van der Waals surface area contributed by atoms with E-state index in [1.54, 1.807) is 12.1 Å². The Morgan fingerprint density at radius 1 is 1.37 bits per heavy atom. The van der Waals surface area contributed by atoms with E-state index >= 15 is 0 Å². The van der Waals surface area contributed by atoms with Crippen LogP contribution in [0.15, 0.2) is 12.1 Å². The number of carboxylic acid groups (broad SMARTS) is 1. The number of halogens is 2. The van der Waals surface area contributed by atoms with E-state index in [2.05, 4.69) is 9.97 Å². The van der Waals surface area contributed by atoms with E-state index < -0.39 is 12.1 Å². The maximum atomic E-state index is 10.8. The largest absolute Gasteiger partial charge is 0.479 e. The zero-order valence-electron chi connectivity index (χ0n) is 9.69. The van der Waals surface area contributed by atoms with E-state index in [4.69, 9.17) is 33.0 Å². The number of imidazole rings is 1. The lowest BCUT2D eigenvalue weighted by atomic mass is 10.2. The van der Waals surface area contributed by atoms with Crippen LogP contribution in [0, 0.1) is 0 Å². The van der Waals surface area contributed by atoms with Crippen LogP contribution in [0.1, 0.15) is 24.8 Å². The normalized spacial score (nSPS) is 23.1. The Bertz CT molecular complexity index is 617. The molecule has 2 heterocycles. The maximum absolute atomic E-state index is 10.8. The van der Waals surface area contributed by atoms with Gasteiger partial charge in [-0.25, -0.2) is 9.78 Å². The number of ether oxygens (including phenoxy) is 1. The minimum Gasteiger partial charge on any atom is -0.479 e. The number of nitrogens with one attached hydrogen (secondary N) is 1. The molecule has 5 nitrogen and oxygen atoms in total. The summed E-state index contributed by atoms with van der Waals surface area (Å²) in [7, 11) is 0. The molecule has 2 N–H and O–H groups in total. The van der Waals surface area contributed by atoms with Gasteiger partial charge in [-0.05, 0) is 25.0 Å². The molecule has 0 saturated carbocycles. The first kappa shape index (κ1) is 12.7. The number of aromatic nitrogens is 2. The minimum atomic E-state index is -0.940. The van der Waals surface area contributed by atoms with Crippen LogP contribution in [0.5, 0.6) is 0 Å². The highest BCUT2D eigenvalue weighted by atomic mass is 35.5. The van der Waals surface area contributed by atoms with Crippen molar-refractivity contribution in [2.45, 2.75) is 25.0 Å². The molecule has 1 aromatic heterocycles. The number of hydrogen-bond acceptors (Lipinski definition) is 3. The number of benzene rings is 1. The van der Waals surface area contributed by atoms with Crippen molar-refractivity contribution in [3.05, 3.63) is 28.0 Å². The fourth-order valence-electron chi connectivity index (χ4n) is 2.20. The van der Waals surface area contributed by atoms with Gasteiger partial charge >= 0.3 is 5.97 Å². The molecule has 2 aromatic rings. The topological polar surface area (TPSA) is 75.2 Å². The molecule has 2 unspecified atom stereocenters. The Kier molecular flexibility index (Phi) is 3.12. The van der Waals surface area contributed by atoms with Crippen molar-refractivity contribution in [1.29, 1.82) is 0 Å². The summed E-state index contributed by atoms with van der Waals surface area (Å²) in [5, 5.41) is 9.78. The maximum Gasteiger partial charge on any atom is 0.332 e. The van der Waals surface area contributed by atoms with Gasteiger partial charge in [-0.2, -0.15) is 0 Å². The van der Waals surface area contributed by atoms with Gasteiger partial charge in [0.15, 0.2) is 6.10 Å². The number of aliphatic carboxylic acids is 1. The summed E-state index contributed by atoms with van der Waals surface area (Å²) >= 11 is 11.9. The highest BCUT2D eigenvalue weighted by Gasteiger charge is 2.33. The van der Waals surface area contributed by atoms with Crippen LogP contribution in [0.4, 0.5) is 0 Å². The van der Waals surface area contributed by atoms with Gasteiger partial charge in [0, 0.05) is 0 Å². The van der Waals surface area contributed by atoms with Gasteiger partial charge < -0.3 is 14.8 Å². The molecule has 1 saturated heterocycles. The molecule has 1 aromatic carbocycles. The van der Waals surface area contributed by atoms with Gasteiger partial charge in [0.1, 0.15) is 11.9 Å². The Labute approximate surface area is 118 Å². The number of hydrogen-bond donors (Lipinski definition) is 2. The Hall–Kier alpha value is -1.30. The van der Waals surface area contributed by atoms with Crippen LogP contribution in [-0.4, -0.2) is 27.1 Å². The summed E-state index contributed by atoms with van der Waals surface area (Å²) in [6, 6.07) is 3.36. The quantitative estimate of drug-likeness (QED) is 0.893. The first-order chi connectivity index (χ1) is 9.04. The number of fused-ring (bicyclic) bond motifs is 1. The number of H-pyrrole nitrogens is 1.